The highest BCUT2D eigenvalue weighted by Crippen LogP contribution is 2.38. The number of hydrogen-bond donors (Lipinski definition) is 2. The fraction of sp³-hybridized carbons (Fsp3) is 0.474. The van der Waals surface area contributed by atoms with E-state index in [-0.39, 0.29) is 6.42 Å². The molecule has 0 aliphatic heterocycles. The lowest BCUT2D eigenvalue weighted by molar-refractivity contribution is -0.153. The smallest absolute Gasteiger partial charge is 0.306 e. The normalized spacial score (nSPS) is 13.8. The molecule has 2 heterocycles. The van der Waals surface area contributed by atoms with Gasteiger partial charge in [0, 0.05) is 16.9 Å². The van der Waals surface area contributed by atoms with Crippen LogP contribution in [0.3, 0.4) is 0 Å². The summed E-state index contributed by atoms with van der Waals surface area (Å²) in [5.74, 6) is -0.876. The summed E-state index contributed by atoms with van der Waals surface area (Å²) in [4.78, 5) is 37.4. The number of ether oxygens (including phenoxy) is 1. The molecule has 3 rings (SSSR count). The molecule has 0 radical (unpaired) electrons. The van der Waals surface area contributed by atoms with E-state index in [2.05, 4.69) is 10.5 Å². The molecule has 9 heteroatoms. The second-order valence-electron chi connectivity index (χ2n) is 6.85. The van der Waals surface area contributed by atoms with Gasteiger partial charge in [-0.25, -0.2) is 0 Å². The van der Waals surface area contributed by atoms with Crippen molar-refractivity contribution in [3.8, 4) is 0 Å². The number of fused-ring (bicyclic) bond motifs is 1. The van der Waals surface area contributed by atoms with Crippen LogP contribution in [-0.2, 0) is 33.6 Å². The van der Waals surface area contributed by atoms with Crippen molar-refractivity contribution >= 4 is 34.1 Å². The van der Waals surface area contributed by atoms with Crippen LogP contribution in [0.1, 0.15) is 57.6 Å². The van der Waals surface area contributed by atoms with Gasteiger partial charge in [0.05, 0.1) is 11.3 Å². The lowest BCUT2D eigenvalue weighted by Crippen LogP contribution is -2.30. The summed E-state index contributed by atoms with van der Waals surface area (Å²) in [7, 11) is 0. The number of primary amides is 1. The molecule has 0 aromatic carbocycles. The van der Waals surface area contributed by atoms with Crippen LogP contribution in [0.4, 0.5) is 5.00 Å². The van der Waals surface area contributed by atoms with Gasteiger partial charge in [0.2, 0.25) is 0 Å². The van der Waals surface area contributed by atoms with Crippen molar-refractivity contribution in [2.75, 3.05) is 5.32 Å². The number of nitrogens with one attached hydrogen (secondary N) is 1. The molecule has 3 N–H and O–H groups in total. The molecule has 8 nitrogen and oxygen atoms in total. The number of carbonyl (C=O) groups is 3. The molecule has 2 amide bonds. The van der Waals surface area contributed by atoms with Crippen LogP contribution < -0.4 is 11.1 Å². The third kappa shape index (κ3) is 4.09. The van der Waals surface area contributed by atoms with Crippen molar-refractivity contribution in [3.63, 3.8) is 0 Å². The zero-order chi connectivity index (χ0) is 20.4. The van der Waals surface area contributed by atoms with Crippen molar-refractivity contribution in [1.82, 2.24) is 5.16 Å². The largest absolute Gasteiger partial charge is 0.453 e. The monoisotopic (exact) mass is 405 g/mol. The van der Waals surface area contributed by atoms with Gasteiger partial charge in [0.1, 0.15) is 10.8 Å². The molecule has 0 saturated carbocycles. The molecule has 0 fully saturated rings. The van der Waals surface area contributed by atoms with Gasteiger partial charge in [-0.2, -0.15) is 0 Å². The summed E-state index contributed by atoms with van der Waals surface area (Å²) >= 11 is 1.36. The Kier molecular flexibility index (Phi) is 5.83. The van der Waals surface area contributed by atoms with Gasteiger partial charge in [0.15, 0.2) is 6.10 Å². The molecular weight excluding hydrogens is 382 g/mol. The Balaban J connectivity index is 1.58. The topological polar surface area (TPSA) is 125 Å². The first kappa shape index (κ1) is 20.1. The Bertz CT molecular complexity index is 911. The number of anilines is 1. The van der Waals surface area contributed by atoms with Crippen LogP contribution in [0, 0.1) is 13.8 Å². The number of hydrogen-bond acceptors (Lipinski definition) is 7. The summed E-state index contributed by atoms with van der Waals surface area (Å²) in [6, 6.07) is 0. The highest BCUT2D eigenvalue weighted by Gasteiger charge is 2.28. The minimum atomic E-state index is -0.991. The van der Waals surface area contributed by atoms with Gasteiger partial charge in [-0.1, -0.05) is 5.16 Å². The Hall–Kier alpha value is -2.68. The summed E-state index contributed by atoms with van der Waals surface area (Å²) in [5.41, 5.74) is 8.40. The number of carbonyl (C=O) groups excluding carboxylic acids is 3. The van der Waals surface area contributed by atoms with Gasteiger partial charge in [-0.3, -0.25) is 14.4 Å². The van der Waals surface area contributed by atoms with E-state index in [1.165, 1.54) is 18.3 Å². The van der Waals surface area contributed by atoms with E-state index < -0.39 is 23.9 Å². The quantitative estimate of drug-likeness (QED) is 0.682. The van der Waals surface area contributed by atoms with Gasteiger partial charge in [0.25, 0.3) is 11.8 Å². The third-order valence-electron chi connectivity index (χ3n) is 4.84. The summed E-state index contributed by atoms with van der Waals surface area (Å²) in [6.45, 7) is 5.09. The second-order valence-corrected chi connectivity index (χ2v) is 7.95. The van der Waals surface area contributed by atoms with Crippen LogP contribution >= 0.6 is 11.3 Å². The molecule has 0 saturated heterocycles. The van der Waals surface area contributed by atoms with Crippen LogP contribution in [-0.4, -0.2) is 29.0 Å². The number of aryl methyl sites for hydroxylation is 3. The zero-order valence-corrected chi connectivity index (χ0v) is 16.9. The fourth-order valence-corrected chi connectivity index (χ4v) is 4.66. The zero-order valence-electron chi connectivity index (χ0n) is 16.1. The summed E-state index contributed by atoms with van der Waals surface area (Å²) in [6.07, 6.45) is 2.19. The minimum Gasteiger partial charge on any atom is -0.453 e. The van der Waals surface area contributed by atoms with Gasteiger partial charge in [-0.15, -0.1) is 11.3 Å². The Morgan fingerprint density at radius 3 is 2.71 bits per heavy atom. The minimum absolute atomic E-state index is 0.111. The first-order valence-corrected chi connectivity index (χ1v) is 9.96. The van der Waals surface area contributed by atoms with Crippen LogP contribution in [0.5, 0.6) is 0 Å². The van der Waals surface area contributed by atoms with Crippen molar-refractivity contribution in [2.24, 2.45) is 5.73 Å². The van der Waals surface area contributed by atoms with Gasteiger partial charge >= 0.3 is 5.97 Å². The lowest BCUT2D eigenvalue weighted by atomic mass is 10.1. The van der Waals surface area contributed by atoms with E-state index in [9.17, 15) is 14.4 Å². The fourth-order valence-electron chi connectivity index (χ4n) is 3.36. The van der Waals surface area contributed by atoms with E-state index in [1.54, 1.807) is 6.92 Å². The van der Waals surface area contributed by atoms with E-state index in [0.29, 0.717) is 22.7 Å². The number of nitrogens with two attached hydrogens (primary N) is 1. The SMILES string of the molecule is Cc1noc(C)c1CCC(=O)O[C@@H](C)C(=O)Nc1sc2c(c1C(N)=O)CCC2. The molecule has 0 bridgehead atoms. The molecule has 2 aromatic heterocycles. The maximum atomic E-state index is 12.4. The summed E-state index contributed by atoms with van der Waals surface area (Å²) in [5, 5.41) is 6.97. The van der Waals surface area contributed by atoms with Crippen LogP contribution in [0.2, 0.25) is 0 Å². The molecule has 28 heavy (non-hydrogen) atoms. The molecule has 0 spiro atoms. The lowest BCUT2D eigenvalue weighted by Gasteiger charge is -2.13. The average Bonchev–Trinajstić information content (AvgIpc) is 3.28. The number of rotatable bonds is 7. The van der Waals surface area contributed by atoms with Crippen molar-refractivity contribution in [1.29, 1.82) is 0 Å². The molecule has 1 aliphatic carbocycles. The van der Waals surface area contributed by atoms with Crippen molar-refractivity contribution in [2.45, 2.75) is 59.0 Å². The molecule has 1 aliphatic rings. The predicted octanol–water partition coefficient (Wildman–Crippen LogP) is 2.44. The number of aromatic nitrogens is 1. The van der Waals surface area contributed by atoms with E-state index in [4.69, 9.17) is 15.0 Å². The molecule has 150 valence electrons. The second kappa shape index (κ2) is 8.14. The van der Waals surface area contributed by atoms with E-state index >= 15 is 0 Å². The number of nitrogens with zero attached hydrogens (tertiary/aromatic N) is 1. The van der Waals surface area contributed by atoms with E-state index in [1.807, 2.05) is 6.92 Å². The maximum Gasteiger partial charge on any atom is 0.306 e. The first-order chi connectivity index (χ1) is 13.3. The molecule has 0 unspecified atom stereocenters. The molecular formula is C19H23N3O5S. The van der Waals surface area contributed by atoms with Crippen LogP contribution in [0.15, 0.2) is 4.52 Å². The summed E-state index contributed by atoms with van der Waals surface area (Å²) < 4.78 is 10.3. The van der Waals surface area contributed by atoms with Gasteiger partial charge < -0.3 is 20.3 Å². The van der Waals surface area contributed by atoms with Crippen LogP contribution in [0.25, 0.3) is 0 Å². The first-order valence-electron chi connectivity index (χ1n) is 9.14. The standard InChI is InChI=1S/C19H23N3O5S/c1-9-12(10(2)27-22-9)7-8-15(23)26-11(3)18(25)21-19-16(17(20)24)13-5-4-6-14(13)28-19/h11H,4-8H2,1-3H3,(H2,20,24)(H,21,25)/t11-/m0/s1. The Morgan fingerprint density at radius 2 is 2.07 bits per heavy atom. The Morgan fingerprint density at radius 1 is 1.32 bits per heavy atom. The van der Waals surface area contributed by atoms with Crippen molar-refractivity contribution < 1.29 is 23.6 Å². The number of amides is 2. The number of thiophene rings is 1. The third-order valence-corrected chi connectivity index (χ3v) is 6.05. The molecule has 1 atom stereocenters. The number of esters is 1. The predicted molar refractivity (Wildman–Crippen MR) is 103 cm³/mol. The molecule has 2 aromatic rings. The van der Waals surface area contributed by atoms with Crippen molar-refractivity contribution in [3.05, 3.63) is 33.0 Å². The highest BCUT2D eigenvalue weighted by atomic mass is 32.1. The average molecular weight is 405 g/mol. The maximum absolute atomic E-state index is 12.4. The Labute approximate surface area is 166 Å². The van der Waals surface area contributed by atoms with Gasteiger partial charge in [-0.05, 0) is 52.0 Å². The highest BCUT2D eigenvalue weighted by molar-refractivity contribution is 7.17. The van der Waals surface area contributed by atoms with E-state index in [0.717, 1.165) is 41.0 Å².